The normalized spacial score (nSPS) is 16.6. The average Bonchev–Trinajstić information content (AvgIpc) is 3.34. The maximum atomic E-state index is 12.1. The first-order chi connectivity index (χ1) is 12.7. The highest BCUT2D eigenvalue weighted by molar-refractivity contribution is 5.92. The van der Waals surface area contributed by atoms with Gasteiger partial charge >= 0.3 is 0 Å². The summed E-state index contributed by atoms with van der Waals surface area (Å²) in [5.74, 6) is 1.23. The molecule has 1 fully saturated rings. The Hall–Kier alpha value is -2.38. The van der Waals surface area contributed by atoms with Crippen LogP contribution < -0.4 is 15.4 Å². The van der Waals surface area contributed by atoms with Crippen molar-refractivity contribution in [3.8, 4) is 5.75 Å². The molecular weight excluding hydrogens is 334 g/mol. The topological polar surface area (TPSA) is 85.6 Å². The van der Waals surface area contributed by atoms with Gasteiger partial charge in [0.1, 0.15) is 5.75 Å². The Morgan fingerprint density at radius 1 is 1.35 bits per heavy atom. The molecule has 1 aromatic carbocycles. The third-order valence-electron chi connectivity index (χ3n) is 4.35. The van der Waals surface area contributed by atoms with Gasteiger partial charge in [0, 0.05) is 25.8 Å². The van der Waals surface area contributed by atoms with Gasteiger partial charge in [0.2, 0.25) is 0 Å². The molecule has 1 amide bonds. The summed E-state index contributed by atoms with van der Waals surface area (Å²) in [5, 5.41) is 9.97. The van der Waals surface area contributed by atoms with Gasteiger partial charge in [-0.25, -0.2) is 0 Å². The molecule has 7 nitrogen and oxygen atoms in total. The molecule has 1 aliphatic rings. The molecule has 1 unspecified atom stereocenters. The molecule has 7 heteroatoms. The highest BCUT2D eigenvalue weighted by Crippen LogP contribution is 2.12. The van der Waals surface area contributed by atoms with Crippen molar-refractivity contribution in [2.24, 2.45) is 0 Å². The van der Waals surface area contributed by atoms with Crippen molar-refractivity contribution < 1.29 is 18.8 Å². The minimum absolute atomic E-state index is 0.229. The molecule has 140 valence electrons. The van der Waals surface area contributed by atoms with Crippen LogP contribution in [0.4, 0.5) is 0 Å². The molecule has 0 saturated carbocycles. The fourth-order valence-electron chi connectivity index (χ4n) is 2.87. The molecule has 1 aliphatic heterocycles. The zero-order valence-electron chi connectivity index (χ0n) is 15.0. The van der Waals surface area contributed by atoms with Crippen LogP contribution in [-0.4, -0.2) is 44.0 Å². The molecule has 3 rings (SSSR count). The van der Waals surface area contributed by atoms with Crippen LogP contribution >= 0.6 is 0 Å². The number of nitrogens with zero attached hydrogens (tertiary/aromatic N) is 1. The molecule has 0 radical (unpaired) electrons. The first kappa shape index (κ1) is 18.4. The van der Waals surface area contributed by atoms with E-state index in [1.54, 1.807) is 13.2 Å². The van der Waals surface area contributed by atoms with Crippen LogP contribution in [0.15, 0.2) is 34.9 Å². The van der Waals surface area contributed by atoms with Gasteiger partial charge < -0.3 is 24.6 Å². The number of ether oxygens (including phenoxy) is 2. The highest BCUT2D eigenvalue weighted by atomic mass is 16.5. The van der Waals surface area contributed by atoms with Gasteiger partial charge in [0.25, 0.3) is 5.91 Å². The van der Waals surface area contributed by atoms with E-state index < -0.39 is 0 Å². The fourth-order valence-corrected chi connectivity index (χ4v) is 2.87. The van der Waals surface area contributed by atoms with Crippen molar-refractivity contribution in [2.75, 3.05) is 26.8 Å². The zero-order valence-corrected chi connectivity index (χ0v) is 15.0. The highest BCUT2D eigenvalue weighted by Gasteiger charge is 2.16. The minimum atomic E-state index is -0.229. The lowest BCUT2D eigenvalue weighted by molar-refractivity contribution is 0.0945. The van der Waals surface area contributed by atoms with Gasteiger partial charge in [-0.1, -0.05) is 17.3 Å². The van der Waals surface area contributed by atoms with E-state index in [2.05, 4.69) is 15.8 Å². The van der Waals surface area contributed by atoms with Gasteiger partial charge in [-0.3, -0.25) is 4.79 Å². The monoisotopic (exact) mass is 359 g/mol. The van der Waals surface area contributed by atoms with Crippen LogP contribution in [0, 0.1) is 0 Å². The summed E-state index contributed by atoms with van der Waals surface area (Å²) < 4.78 is 15.9. The minimum Gasteiger partial charge on any atom is -0.497 e. The maximum absolute atomic E-state index is 12.1. The third kappa shape index (κ3) is 5.31. The Balaban J connectivity index is 1.38. The van der Waals surface area contributed by atoms with E-state index in [0.717, 1.165) is 43.7 Å². The van der Waals surface area contributed by atoms with Crippen molar-refractivity contribution in [3.63, 3.8) is 0 Å². The summed E-state index contributed by atoms with van der Waals surface area (Å²) in [6.07, 6.45) is 3.23. The van der Waals surface area contributed by atoms with E-state index in [1.807, 2.05) is 24.3 Å². The predicted octanol–water partition coefficient (Wildman–Crippen LogP) is 1.92. The summed E-state index contributed by atoms with van der Waals surface area (Å²) in [6, 6.07) is 9.46. The number of carbonyl (C=O) groups excluding carboxylic acids is 1. The number of nitrogens with one attached hydrogen (secondary N) is 2. The molecular formula is C19H25N3O4. The van der Waals surface area contributed by atoms with E-state index in [1.165, 1.54) is 0 Å². The summed E-state index contributed by atoms with van der Waals surface area (Å²) >= 11 is 0. The number of amides is 1. The second-order valence-corrected chi connectivity index (χ2v) is 6.30. The predicted molar refractivity (Wildman–Crippen MR) is 96.2 cm³/mol. The molecule has 1 atom stereocenters. The first-order valence-electron chi connectivity index (χ1n) is 8.93. The molecule has 2 N–H and O–H groups in total. The number of hydrogen-bond acceptors (Lipinski definition) is 6. The lowest BCUT2D eigenvalue weighted by atomic mass is 10.1. The van der Waals surface area contributed by atoms with Crippen molar-refractivity contribution in [3.05, 3.63) is 47.3 Å². The zero-order chi connectivity index (χ0) is 18.2. The van der Waals surface area contributed by atoms with Crippen LogP contribution in [0.5, 0.6) is 5.75 Å². The number of rotatable bonds is 9. The molecule has 2 aromatic rings. The van der Waals surface area contributed by atoms with Crippen molar-refractivity contribution in [1.29, 1.82) is 0 Å². The molecule has 0 aliphatic carbocycles. The lowest BCUT2D eigenvalue weighted by Crippen LogP contribution is -2.26. The van der Waals surface area contributed by atoms with Crippen molar-refractivity contribution >= 4 is 5.91 Å². The third-order valence-corrected chi connectivity index (χ3v) is 4.35. The smallest absolute Gasteiger partial charge is 0.273 e. The Bertz CT molecular complexity index is 693. The lowest BCUT2D eigenvalue weighted by Gasteiger charge is -2.08. The summed E-state index contributed by atoms with van der Waals surface area (Å²) in [7, 11) is 1.64. The SMILES string of the molecule is COc1ccc(CCNC(=O)c2cc(CNCC3CCCO3)on2)cc1. The second-order valence-electron chi connectivity index (χ2n) is 6.30. The van der Waals surface area contributed by atoms with Gasteiger partial charge in [0.15, 0.2) is 11.5 Å². The van der Waals surface area contributed by atoms with E-state index >= 15 is 0 Å². The van der Waals surface area contributed by atoms with Gasteiger partial charge in [-0.05, 0) is 37.0 Å². The first-order valence-corrected chi connectivity index (χ1v) is 8.93. The number of hydrogen-bond donors (Lipinski definition) is 2. The van der Waals surface area contributed by atoms with Crippen LogP contribution in [0.25, 0.3) is 0 Å². The quantitative estimate of drug-likeness (QED) is 0.712. The summed E-state index contributed by atoms with van der Waals surface area (Å²) in [4.78, 5) is 12.1. The number of aromatic nitrogens is 1. The van der Waals surface area contributed by atoms with Gasteiger partial charge in [-0.15, -0.1) is 0 Å². The van der Waals surface area contributed by atoms with E-state index in [4.69, 9.17) is 14.0 Å². The standard InChI is InChI=1S/C19H25N3O4/c1-24-15-6-4-14(5-7-15)8-9-21-19(23)18-11-17(26-22-18)13-20-12-16-3-2-10-25-16/h4-7,11,16,20H,2-3,8-10,12-13H2,1H3,(H,21,23). The van der Waals surface area contributed by atoms with Crippen LogP contribution in [0.2, 0.25) is 0 Å². The molecule has 0 bridgehead atoms. The largest absolute Gasteiger partial charge is 0.497 e. The number of benzene rings is 1. The molecule has 2 heterocycles. The average molecular weight is 359 g/mol. The Kier molecular flexibility index (Phi) is 6.62. The van der Waals surface area contributed by atoms with Gasteiger partial charge in [0.05, 0.1) is 19.8 Å². The number of methoxy groups -OCH3 is 1. The van der Waals surface area contributed by atoms with Gasteiger partial charge in [-0.2, -0.15) is 0 Å². The summed E-state index contributed by atoms with van der Waals surface area (Å²) in [6.45, 7) is 2.69. The Morgan fingerprint density at radius 2 is 2.19 bits per heavy atom. The number of carbonyl (C=O) groups is 1. The Morgan fingerprint density at radius 3 is 2.92 bits per heavy atom. The van der Waals surface area contributed by atoms with Crippen molar-refractivity contribution in [2.45, 2.75) is 31.9 Å². The van der Waals surface area contributed by atoms with Crippen LogP contribution in [0.1, 0.15) is 34.7 Å². The summed E-state index contributed by atoms with van der Waals surface area (Å²) in [5.41, 5.74) is 1.43. The van der Waals surface area contributed by atoms with E-state index in [9.17, 15) is 4.79 Å². The molecule has 26 heavy (non-hydrogen) atoms. The molecule has 1 aromatic heterocycles. The van der Waals surface area contributed by atoms with Crippen LogP contribution in [0.3, 0.4) is 0 Å². The van der Waals surface area contributed by atoms with Crippen LogP contribution in [-0.2, 0) is 17.7 Å². The Labute approximate surface area is 153 Å². The van der Waals surface area contributed by atoms with Crippen molar-refractivity contribution in [1.82, 2.24) is 15.8 Å². The fraction of sp³-hybridized carbons (Fsp3) is 0.474. The van der Waals surface area contributed by atoms with E-state index in [0.29, 0.717) is 24.5 Å². The van der Waals surface area contributed by atoms with E-state index in [-0.39, 0.29) is 12.0 Å². The molecule has 1 saturated heterocycles. The second kappa shape index (κ2) is 9.35. The molecule has 0 spiro atoms. The maximum Gasteiger partial charge on any atom is 0.273 e.